The lowest BCUT2D eigenvalue weighted by atomic mass is 9.89. The summed E-state index contributed by atoms with van der Waals surface area (Å²) in [6, 6.07) is 8.47. The molecule has 0 unspecified atom stereocenters. The number of benzene rings is 1. The fraction of sp³-hybridized carbons (Fsp3) is 0.500. The van der Waals surface area contributed by atoms with Crippen molar-refractivity contribution in [2.75, 3.05) is 18.0 Å². The number of carbonyl (C=O) groups is 1. The van der Waals surface area contributed by atoms with Gasteiger partial charge in [0, 0.05) is 31.5 Å². The number of piperidine rings is 1. The van der Waals surface area contributed by atoms with Gasteiger partial charge in [0.05, 0.1) is 6.04 Å². The second kappa shape index (κ2) is 8.59. The maximum absolute atomic E-state index is 12.6. The molecule has 2 atom stereocenters. The van der Waals surface area contributed by atoms with Crippen molar-refractivity contribution in [2.45, 2.75) is 57.5 Å². The van der Waals surface area contributed by atoms with Crippen LogP contribution < -0.4 is 15.5 Å². The number of hydrogen-bond donors (Lipinski definition) is 2. The molecule has 1 aromatic carbocycles. The van der Waals surface area contributed by atoms with Crippen LogP contribution in [0.25, 0.3) is 0 Å². The number of anilines is 1. The van der Waals surface area contributed by atoms with Gasteiger partial charge in [0.1, 0.15) is 0 Å². The summed E-state index contributed by atoms with van der Waals surface area (Å²) in [6.07, 6.45) is 10.4. The quantitative estimate of drug-likeness (QED) is 0.854. The van der Waals surface area contributed by atoms with Crippen LogP contribution in [0.1, 0.15) is 55.3 Å². The van der Waals surface area contributed by atoms with Gasteiger partial charge in [0.15, 0.2) is 0 Å². The monoisotopic (exact) mass is 379 g/mol. The van der Waals surface area contributed by atoms with Gasteiger partial charge in [-0.1, -0.05) is 18.2 Å². The molecule has 2 heterocycles. The molecule has 6 heteroatoms. The number of carbonyl (C=O) groups excluding carboxylic acids is 1. The summed E-state index contributed by atoms with van der Waals surface area (Å²) in [6.45, 7) is 3.72. The molecule has 1 saturated heterocycles. The van der Waals surface area contributed by atoms with Crippen molar-refractivity contribution < 1.29 is 4.79 Å². The van der Waals surface area contributed by atoms with E-state index in [0.717, 1.165) is 38.3 Å². The maximum Gasteiger partial charge on any atom is 0.315 e. The average molecular weight is 380 g/mol. The van der Waals surface area contributed by atoms with Gasteiger partial charge in [-0.3, -0.25) is 0 Å². The summed E-state index contributed by atoms with van der Waals surface area (Å²) in [5.74, 6) is 0.733. The molecule has 0 radical (unpaired) electrons. The number of hydrogen-bond acceptors (Lipinski definition) is 4. The molecule has 28 heavy (non-hydrogen) atoms. The van der Waals surface area contributed by atoms with E-state index in [1.807, 2.05) is 6.07 Å². The number of nitrogens with zero attached hydrogens (tertiary/aromatic N) is 3. The van der Waals surface area contributed by atoms with Gasteiger partial charge in [-0.15, -0.1) is 0 Å². The molecule has 1 aromatic heterocycles. The zero-order valence-corrected chi connectivity index (χ0v) is 16.5. The van der Waals surface area contributed by atoms with Crippen molar-refractivity contribution in [1.29, 1.82) is 0 Å². The molecule has 2 aliphatic rings. The van der Waals surface area contributed by atoms with Crippen LogP contribution in [-0.4, -0.2) is 35.1 Å². The highest BCUT2D eigenvalue weighted by Gasteiger charge is 2.23. The number of aryl methyl sites for hydroxylation is 2. The van der Waals surface area contributed by atoms with Gasteiger partial charge in [-0.05, 0) is 68.2 Å². The first kappa shape index (κ1) is 18.7. The zero-order chi connectivity index (χ0) is 19.3. The van der Waals surface area contributed by atoms with Gasteiger partial charge < -0.3 is 15.5 Å². The van der Waals surface area contributed by atoms with Crippen molar-refractivity contribution in [3.63, 3.8) is 0 Å². The summed E-state index contributed by atoms with van der Waals surface area (Å²) >= 11 is 0. The molecule has 2 N–H and O–H groups in total. The van der Waals surface area contributed by atoms with E-state index in [2.05, 4.69) is 50.6 Å². The molecule has 2 aromatic rings. The number of rotatable bonds is 4. The summed E-state index contributed by atoms with van der Waals surface area (Å²) in [5.41, 5.74) is 4.10. The van der Waals surface area contributed by atoms with E-state index in [4.69, 9.17) is 0 Å². The van der Waals surface area contributed by atoms with Crippen LogP contribution in [0.3, 0.4) is 0 Å². The summed E-state index contributed by atoms with van der Waals surface area (Å²) in [5, 5.41) is 6.24. The Morgan fingerprint density at radius 3 is 2.75 bits per heavy atom. The lowest BCUT2D eigenvalue weighted by Crippen LogP contribution is -2.51. The Morgan fingerprint density at radius 2 is 1.93 bits per heavy atom. The molecule has 0 bridgehead atoms. The van der Waals surface area contributed by atoms with E-state index in [1.54, 1.807) is 12.4 Å². The fourth-order valence-corrected chi connectivity index (χ4v) is 4.26. The van der Waals surface area contributed by atoms with Crippen LogP contribution in [0.2, 0.25) is 0 Å². The van der Waals surface area contributed by atoms with Crippen molar-refractivity contribution in [1.82, 2.24) is 20.6 Å². The largest absolute Gasteiger partial charge is 0.339 e. The lowest BCUT2D eigenvalue weighted by molar-refractivity contribution is 0.232. The second-order valence-electron chi connectivity index (χ2n) is 7.91. The van der Waals surface area contributed by atoms with E-state index in [1.165, 1.54) is 36.0 Å². The third kappa shape index (κ3) is 4.43. The predicted octanol–water partition coefficient (Wildman–Crippen LogP) is 3.38. The third-order valence-corrected chi connectivity index (χ3v) is 5.81. The molecule has 0 spiro atoms. The van der Waals surface area contributed by atoms with Crippen molar-refractivity contribution >= 4 is 12.0 Å². The van der Waals surface area contributed by atoms with Crippen molar-refractivity contribution in [2.24, 2.45) is 0 Å². The zero-order valence-electron chi connectivity index (χ0n) is 16.5. The van der Waals surface area contributed by atoms with E-state index in [0.29, 0.717) is 0 Å². The lowest BCUT2D eigenvalue weighted by Gasteiger charge is -2.33. The van der Waals surface area contributed by atoms with Crippen LogP contribution in [0.5, 0.6) is 0 Å². The Kier molecular flexibility index (Phi) is 5.74. The van der Waals surface area contributed by atoms with E-state index < -0.39 is 0 Å². The molecule has 0 saturated carbocycles. The van der Waals surface area contributed by atoms with Crippen LogP contribution in [0.15, 0.2) is 36.7 Å². The van der Waals surface area contributed by atoms with Crippen molar-refractivity contribution in [3.05, 3.63) is 53.3 Å². The van der Waals surface area contributed by atoms with Gasteiger partial charge in [-0.25, -0.2) is 14.8 Å². The van der Waals surface area contributed by atoms with Gasteiger partial charge in [0.25, 0.3) is 0 Å². The number of amides is 2. The summed E-state index contributed by atoms with van der Waals surface area (Å²) < 4.78 is 0. The van der Waals surface area contributed by atoms with Crippen LogP contribution >= 0.6 is 0 Å². The number of fused-ring (bicyclic) bond motifs is 1. The van der Waals surface area contributed by atoms with Crippen LogP contribution in [-0.2, 0) is 12.8 Å². The Labute approximate surface area is 166 Å². The first-order valence-corrected chi connectivity index (χ1v) is 10.4. The Hall–Kier alpha value is -2.63. The molecular formula is C22H29N5O. The Bertz CT molecular complexity index is 810. The molecule has 6 nitrogen and oxygen atoms in total. The standard InChI is InChI=1S/C22H29N5O/c1-16(18-10-9-17-6-2-3-7-19(17)14-18)25-22(28)26-20-8-4-13-27(15-20)21-23-11-5-12-24-21/h5,9-12,14,16,20H,2-4,6-8,13,15H2,1H3,(H2,25,26,28)/t16-,20+/m0/s1. The number of nitrogens with one attached hydrogen (secondary N) is 2. The van der Waals surface area contributed by atoms with E-state index >= 15 is 0 Å². The number of aromatic nitrogens is 2. The van der Waals surface area contributed by atoms with E-state index in [-0.39, 0.29) is 18.1 Å². The van der Waals surface area contributed by atoms with Crippen molar-refractivity contribution in [3.8, 4) is 0 Å². The third-order valence-electron chi connectivity index (χ3n) is 5.81. The topological polar surface area (TPSA) is 70.2 Å². The molecular weight excluding hydrogens is 350 g/mol. The minimum atomic E-state index is -0.106. The Balaban J connectivity index is 1.32. The highest BCUT2D eigenvalue weighted by atomic mass is 16.2. The SMILES string of the molecule is C[C@H](NC(=O)N[C@@H]1CCCN(c2ncccn2)C1)c1ccc2c(c1)CCCC2. The smallest absolute Gasteiger partial charge is 0.315 e. The number of urea groups is 1. The van der Waals surface area contributed by atoms with Crippen LogP contribution in [0, 0.1) is 0 Å². The predicted molar refractivity (Wildman–Crippen MR) is 110 cm³/mol. The summed E-state index contributed by atoms with van der Waals surface area (Å²) in [4.78, 5) is 23.3. The normalized spacial score (nSPS) is 20.2. The van der Waals surface area contributed by atoms with Gasteiger partial charge in [0.2, 0.25) is 5.95 Å². The first-order valence-electron chi connectivity index (χ1n) is 10.4. The molecule has 1 fully saturated rings. The summed E-state index contributed by atoms with van der Waals surface area (Å²) in [7, 11) is 0. The minimum absolute atomic E-state index is 0.00984. The Morgan fingerprint density at radius 1 is 1.14 bits per heavy atom. The minimum Gasteiger partial charge on any atom is -0.339 e. The molecule has 1 aliphatic carbocycles. The fourth-order valence-electron chi connectivity index (χ4n) is 4.26. The molecule has 148 valence electrons. The van der Waals surface area contributed by atoms with E-state index in [9.17, 15) is 4.79 Å². The first-order chi connectivity index (χ1) is 13.7. The molecule has 1 aliphatic heterocycles. The second-order valence-corrected chi connectivity index (χ2v) is 7.91. The van der Waals surface area contributed by atoms with Crippen LogP contribution in [0.4, 0.5) is 10.7 Å². The molecule has 2 amide bonds. The van der Waals surface area contributed by atoms with Gasteiger partial charge in [-0.2, -0.15) is 0 Å². The molecule has 4 rings (SSSR count). The average Bonchev–Trinajstić information content (AvgIpc) is 2.74. The maximum atomic E-state index is 12.6. The highest BCUT2D eigenvalue weighted by Crippen LogP contribution is 2.24. The van der Waals surface area contributed by atoms with Gasteiger partial charge >= 0.3 is 6.03 Å². The highest BCUT2D eigenvalue weighted by molar-refractivity contribution is 5.75.